The normalized spacial score (nSPS) is 15.4. The van der Waals surface area contributed by atoms with Crippen LogP contribution >= 0.6 is 0 Å². The van der Waals surface area contributed by atoms with Crippen molar-refractivity contribution in [1.29, 1.82) is 0 Å². The van der Waals surface area contributed by atoms with Crippen molar-refractivity contribution >= 4 is 5.82 Å². The second-order valence-electron chi connectivity index (χ2n) is 5.88. The van der Waals surface area contributed by atoms with Crippen LogP contribution in [0.25, 0.3) is 0 Å². The monoisotopic (exact) mass is 263 g/mol. The molecule has 1 aromatic rings. The van der Waals surface area contributed by atoms with E-state index in [0.29, 0.717) is 5.92 Å². The molecule has 1 aromatic heterocycles. The van der Waals surface area contributed by atoms with Crippen molar-refractivity contribution in [1.82, 2.24) is 9.97 Å². The Hall–Kier alpha value is -1.32. The van der Waals surface area contributed by atoms with E-state index in [1.807, 2.05) is 6.92 Å². The molecule has 0 saturated heterocycles. The third-order valence-corrected chi connectivity index (χ3v) is 3.63. The largest absolute Gasteiger partial charge is 0.471 e. The first-order chi connectivity index (χ1) is 8.96. The first-order valence-corrected chi connectivity index (χ1v) is 7.28. The van der Waals surface area contributed by atoms with Gasteiger partial charge in [0.15, 0.2) is 0 Å². The average Bonchev–Trinajstić information content (AvgIpc) is 3.18. The van der Waals surface area contributed by atoms with Crippen LogP contribution in [0.15, 0.2) is 0 Å². The van der Waals surface area contributed by atoms with Gasteiger partial charge in [-0.1, -0.05) is 6.92 Å². The van der Waals surface area contributed by atoms with Gasteiger partial charge in [-0.2, -0.15) is 4.98 Å². The van der Waals surface area contributed by atoms with Crippen molar-refractivity contribution in [2.24, 2.45) is 0 Å². The summed E-state index contributed by atoms with van der Waals surface area (Å²) < 4.78 is 6.10. The van der Waals surface area contributed by atoms with Crippen LogP contribution in [0.1, 0.15) is 64.3 Å². The molecule has 1 fully saturated rings. The Balaban J connectivity index is 2.34. The lowest BCUT2D eigenvalue weighted by atomic mass is 10.1. The number of anilines is 1. The molecule has 0 amide bonds. The van der Waals surface area contributed by atoms with Crippen LogP contribution in [0.4, 0.5) is 5.82 Å². The maximum Gasteiger partial charge on any atom is 0.222 e. The van der Waals surface area contributed by atoms with E-state index < -0.39 is 0 Å². The second-order valence-corrected chi connectivity index (χ2v) is 5.88. The maximum absolute atomic E-state index is 6.10. The highest BCUT2D eigenvalue weighted by atomic mass is 16.5. The zero-order valence-corrected chi connectivity index (χ0v) is 12.7. The van der Waals surface area contributed by atoms with Crippen molar-refractivity contribution in [2.75, 3.05) is 11.9 Å². The molecule has 0 radical (unpaired) electrons. The van der Waals surface area contributed by atoms with Crippen LogP contribution in [0, 0.1) is 6.92 Å². The predicted molar refractivity (Wildman–Crippen MR) is 77.9 cm³/mol. The number of rotatable bonds is 6. The summed E-state index contributed by atoms with van der Waals surface area (Å²) >= 11 is 0. The summed E-state index contributed by atoms with van der Waals surface area (Å²) in [7, 11) is 0. The molecule has 0 aliphatic heterocycles. The molecule has 19 heavy (non-hydrogen) atoms. The Bertz CT molecular complexity index is 453. The summed E-state index contributed by atoms with van der Waals surface area (Å²) in [5.41, 5.74) is 0.816. The van der Waals surface area contributed by atoms with Gasteiger partial charge < -0.3 is 10.1 Å². The van der Waals surface area contributed by atoms with Crippen LogP contribution in [-0.4, -0.2) is 22.1 Å². The highest BCUT2D eigenvalue weighted by molar-refractivity contribution is 5.49. The minimum absolute atomic E-state index is 0.191. The van der Waals surface area contributed by atoms with Gasteiger partial charge in [0.25, 0.3) is 0 Å². The summed E-state index contributed by atoms with van der Waals surface area (Å²) in [6.45, 7) is 11.3. The first kappa shape index (κ1) is 14.1. The van der Waals surface area contributed by atoms with Gasteiger partial charge in [-0.15, -0.1) is 0 Å². The Morgan fingerprint density at radius 1 is 1.26 bits per heavy atom. The summed E-state index contributed by atoms with van der Waals surface area (Å²) in [5, 5.41) is 3.31. The third kappa shape index (κ3) is 3.37. The van der Waals surface area contributed by atoms with Gasteiger partial charge in [-0.05, 0) is 47.0 Å². The number of hydrogen-bond acceptors (Lipinski definition) is 4. The first-order valence-electron chi connectivity index (χ1n) is 7.28. The molecule has 0 unspecified atom stereocenters. The fourth-order valence-electron chi connectivity index (χ4n) is 1.81. The molecule has 2 rings (SSSR count). The fraction of sp³-hybridized carbons (Fsp3) is 0.733. The smallest absolute Gasteiger partial charge is 0.222 e. The molecular formula is C15H25N3O. The minimum Gasteiger partial charge on any atom is -0.471 e. The van der Waals surface area contributed by atoms with Gasteiger partial charge >= 0.3 is 0 Å². The lowest BCUT2D eigenvalue weighted by molar-refractivity contribution is 0.0975. The van der Waals surface area contributed by atoms with Crippen LogP contribution in [-0.2, 0) is 0 Å². The van der Waals surface area contributed by atoms with Gasteiger partial charge in [0, 0.05) is 12.5 Å². The number of aromatic nitrogens is 2. The second kappa shape index (κ2) is 5.35. The van der Waals surface area contributed by atoms with Crippen molar-refractivity contribution in [3.05, 3.63) is 11.4 Å². The van der Waals surface area contributed by atoms with E-state index in [1.165, 1.54) is 12.8 Å². The summed E-state index contributed by atoms with van der Waals surface area (Å²) in [4.78, 5) is 9.28. The zero-order chi connectivity index (χ0) is 14.0. The lowest BCUT2D eigenvalue weighted by Crippen LogP contribution is -2.28. The van der Waals surface area contributed by atoms with Crippen LogP contribution < -0.4 is 10.1 Å². The summed E-state index contributed by atoms with van der Waals surface area (Å²) in [6.07, 6.45) is 3.35. The van der Waals surface area contributed by atoms with Crippen molar-refractivity contribution in [3.63, 3.8) is 0 Å². The minimum atomic E-state index is -0.191. The van der Waals surface area contributed by atoms with Gasteiger partial charge in [-0.25, -0.2) is 4.98 Å². The fourth-order valence-corrected chi connectivity index (χ4v) is 1.81. The molecule has 1 heterocycles. The van der Waals surface area contributed by atoms with E-state index in [1.54, 1.807) is 0 Å². The number of hydrogen-bond donors (Lipinski definition) is 1. The molecule has 0 spiro atoms. The highest BCUT2D eigenvalue weighted by Crippen LogP contribution is 2.40. The lowest BCUT2D eigenvalue weighted by Gasteiger charge is -2.26. The topological polar surface area (TPSA) is 47.0 Å². The maximum atomic E-state index is 6.10. The zero-order valence-electron chi connectivity index (χ0n) is 12.7. The van der Waals surface area contributed by atoms with E-state index in [-0.39, 0.29) is 5.60 Å². The summed E-state index contributed by atoms with van der Waals surface area (Å²) in [5.74, 6) is 3.12. The molecular weight excluding hydrogens is 238 g/mol. The molecule has 1 N–H and O–H groups in total. The number of nitrogens with zero attached hydrogens (tertiary/aromatic N) is 2. The van der Waals surface area contributed by atoms with E-state index in [9.17, 15) is 0 Å². The van der Waals surface area contributed by atoms with Gasteiger partial charge in [0.05, 0.1) is 5.56 Å². The van der Waals surface area contributed by atoms with Crippen molar-refractivity contribution in [2.45, 2.75) is 65.4 Å². The number of ether oxygens (including phenoxy) is 1. The van der Waals surface area contributed by atoms with E-state index >= 15 is 0 Å². The van der Waals surface area contributed by atoms with Gasteiger partial charge in [0.1, 0.15) is 17.2 Å². The molecule has 0 atom stereocenters. The van der Waals surface area contributed by atoms with Gasteiger partial charge in [-0.3, -0.25) is 0 Å². The predicted octanol–water partition coefficient (Wildman–Crippen LogP) is 3.66. The molecule has 1 aliphatic rings. The Kier molecular flexibility index (Phi) is 3.97. The van der Waals surface area contributed by atoms with Crippen molar-refractivity contribution in [3.8, 4) is 5.88 Å². The Morgan fingerprint density at radius 3 is 2.47 bits per heavy atom. The molecule has 4 heteroatoms. The quantitative estimate of drug-likeness (QED) is 0.850. The van der Waals surface area contributed by atoms with Crippen LogP contribution in [0.3, 0.4) is 0 Å². The molecule has 106 valence electrons. The molecule has 0 bridgehead atoms. The summed E-state index contributed by atoms with van der Waals surface area (Å²) in [6, 6.07) is 0. The Morgan fingerprint density at radius 2 is 1.95 bits per heavy atom. The van der Waals surface area contributed by atoms with E-state index in [2.05, 4.69) is 43.0 Å². The SMILES string of the molecule is CCNc1nc(C2CC2)nc(OC(C)(C)CC)c1C. The molecule has 1 aliphatic carbocycles. The standard InChI is InChI=1S/C15H25N3O/c1-6-15(4,5)19-14-10(3)12(16-7-2)17-13(18-14)11-8-9-11/h11H,6-9H2,1-5H3,(H,16,17,18). The van der Waals surface area contributed by atoms with Gasteiger partial charge in [0.2, 0.25) is 5.88 Å². The van der Waals surface area contributed by atoms with Crippen molar-refractivity contribution < 1.29 is 4.74 Å². The molecule has 1 saturated carbocycles. The Labute approximate surface area is 116 Å². The van der Waals surface area contributed by atoms with Crippen LogP contribution in [0.5, 0.6) is 5.88 Å². The van der Waals surface area contributed by atoms with Crippen LogP contribution in [0.2, 0.25) is 0 Å². The third-order valence-electron chi connectivity index (χ3n) is 3.63. The molecule has 4 nitrogen and oxygen atoms in total. The average molecular weight is 263 g/mol. The number of nitrogens with one attached hydrogen (secondary N) is 1. The van der Waals surface area contributed by atoms with E-state index in [0.717, 1.165) is 36.1 Å². The van der Waals surface area contributed by atoms with E-state index in [4.69, 9.17) is 4.74 Å². The highest BCUT2D eigenvalue weighted by Gasteiger charge is 2.29. The molecule has 0 aromatic carbocycles.